The van der Waals surface area contributed by atoms with E-state index in [1.807, 2.05) is 4.90 Å². The summed E-state index contributed by atoms with van der Waals surface area (Å²) in [4.78, 5) is 17.0. The first-order valence-corrected chi connectivity index (χ1v) is 5.77. The van der Waals surface area contributed by atoms with Crippen molar-refractivity contribution in [3.05, 3.63) is 23.5 Å². The van der Waals surface area contributed by atoms with Crippen LogP contribution in [0.2, 0.25) is 5.02 Å². The van der Waals surface area contributed by atoms with Crippen molar-refractivity contribution >= 4 is 23.2 Å². The molecule has 92 valence electrons. The Bertz CT molecular complexity index is 440. The first-order valence-electron chi connectivity index (χ1n) is 5.40. The zero-order valence-corrected chi connectivity index (χ0v) is 10.0. The number of carbonyl (C=O) groups excluding carboxylic acids is 1. The van der Waals surface area contributed by atoms with Gasteiger partial charge in [0, 0.05) is 18.9 Å². The zero-order chi connectivity index (χ0) is 12.5. The van der Waals surface area contributed by atoms with Crippen LogP contribution in [0.1, 0.15) is 12.8 Å². The summed E-state index contributed by atoms with van der Waals surface area (Å²) in [6.45, 7) is 0.908. The lowest BCUT2D eigenvalue weighted by Crippen LogP contribution is -2.56. The van der Waals surface area contributed by atoms with Gasteiger partial charge in [0.2, 0.25) is 0 Å². The Morgan fingerprint density at radius 3 is 3.06 bits per heavy atom. The van der Waals surface area contributed by atoms with E-state index in [0.29, 0.717) is 17.9 Å². The molecular formula is C11H14ClN3O2. The molecule has 0 aliphatic carbocycles. The molecule has 17 heavy (non-hydrogen) atoms. The molecule has 1 amide bonds. The fraction of sp³-hybridized carbons (Fsp3) is 0.455. The normalized spacial score (nSPS) is 24.7. The fourth-order valence-corrected chi connectivity index (χ4v) is 2.31. The molecule has 3 N–H and O–H groups in total. The summed E-state index contributed by atoms with van der Waals surface area (Å²) in [5.41, 5.74) is 4.52. The quantitative estimate of drug-likeness (QED) is 0.809. The van der Waals surface area contributed by atoms with Crippen LogP contribution in [-0.4, -0.2) is 34.7 Å². The van der Waals surface area contributed by atoms with Gasteiger partial charge in [0.1, 0.15) is 0 Å². The Hall–Kier alpha value is -1.33. The second-order valence-electron chi connectivity index (χ2n) is 4.25. The van der Waals surface area contributed by atoms with Crippen LogP contribution in [0.4, 0.5) is 5.69 Å². The Labute approximate surface area is 104 Å². The molecule has 1 aliphatic rings. The molecule has 1 aliphatic heterocycles. The molecule has 0 radical (unpaired) electrons. The lowest BCUT2D eigenvalue weighted by molar-refractivity contribution is -0.137. The minimum absolute atomic E-state index is 0.173. The van der Waals surface area contributed by atoms with Gasteiger partial charge in [-0.1, -0.05) is 11.6 Å². The maximum Gasteiger partial charge on any atom is 0.251 e. The number of piperidine rings is 1. The molecule has 5 nitrogen and oxygen atoms in total. The Morgan fingerprint density at radius 1 is 1.65 bits per heavy atom. The molecule has 1 unspecified atom stereocenters. The van der Waals surface area contributed by atoms with Crippen LogP contribution in [0.25, 0.3) is 0 Å². The maximum absolute atomic E-state index is 11.2. The van der Waals surface area contributed by atoms with Crippen molar-refractivity contribution in [1.29, 1.82) is 0 Å². The van der Waals surface area contributed by atoms with Gasteiger partial charge in [0.05, 0.1) is 17.3 Å². The van der Waals surface area contributed by atoms with Crippen LogP contribution in [0, 0.1) is 0 Å². The van der Waals surface area contributed by atoms with Crippen molar-refractivity contribution in [1.82, 2.24) is 4.98 Å². The van der Waals surface area contributed by atoms with E-state index in [1.54, 1.807) is 12.3 Å². The molecule has 1 aromatic heterocycles. The van der Waals surface area contributed by atoms with Crippen molar-refractivity contribution in [2.75, 3.05) is 18.0 Å². The molecular weight excluding hydrogens is 242 g/mol. The summed E-state index contributed by atoms with van der Waals surface area (Å²) < 4.78 is 0. The van der Waals surface area contributed by atoms with Gasteiger partial charge in [-0.15, -0.1) is 0 Å². The van der Waals surface area contributed by atoms with Gasteiger partial charge in [-0.2, -0.15) is 0 Å². The average molecular weight is 256 g/mol. The molecule has 2 rings (SSSR count). The van der Waals surface area contributed by atoms with Crippen LogP contribution >= 0.6 is 11.6 Å². The van der Waals surface area contributed by atoms with Crippen molar-refractivity contribution < 1.29 is 9.90 Å². The summed E-state index contributed by atoms with van der Waals surface area (Å²) in [7, 11) is 0. The molecule has 0 aromatic carbocycles. The number of halogens is 1. The van der Waals surface area contributed by atoms with Crippen molar-refractivity contribution in [2.24, 2.45) is 5.73 Å². The summed E-state index contributed by atoms with van der Waals surface area (Å²) in [5.74, 6) is -0.688. The highest BCUT2D eigenvalue weighted by Crippen LogP contribution is 2.30. The minimum Gasteiger partial charge on any atom is -0.378 e. The van der Waals surface area contributed by atoms with Crippen LogP contribution in [-0.2, 0) is 4.79 Å². The summed E-state index contributed by atoms with van der Waals surface area (Å²) in [6.07, 6.45) is 4.24. The third-order valence-corrected chi connectivity index (χ3v) is 3.31. The number of aromatic nitrogens is 1. The van der Waals surface area contributed by atoms with Gasteiger partial charge in [-0.25, -0.2) is 0 Å². The first-order chi connectivity index (χ1) is 8.03. The number of aliphatic hydroxyl groups is 1. The van der Waals surface area contributed by atoms with E-state index in [-0.39, 0.29) is 6.54 Å². The molecule has 0 spiro atoms. The summed E-state index contributed by atoms with van der Waals surface area (Å²) in [6, 6.07) is 1.76. The number of hydrogen-bond acceptors (Lipinski definition) is 4. The largest absolute Gasteiger partial charge is 0.378 e. The number of carbonyl (C=O) groups is 1. The lowest BCUT2D eigenvalue weighted by atomic mass is 9.92. The number of β-amino-alcohol motifs (C(OH)–C–C–N with tert-alkyl or cyclic N) is 1. The predicted octanol–water partition coefficient (Wildman–Crippen LogP) is 0.552. The predicted molar refractivity (Wildman–Crippen MR) is 64.8 cm³/mol. The van der Waals surface area contributed by atoms with Gasteiger partial charge < -0.3 is 15.7 Å². The van der Waals surface area contributed by atoms with E-state index in [9.17, 15) is 9.90 Å². The molecule has 1 fully saturated rings. The average Bonchev–Trinajstić information content (AvgIpc) is 2.29. The number of hydrogen-bond donors (Lipinski definition) is 2. The van der Waals surface area contributed by atoms with E-state index in [1.165, 1.54) is 6.20 Å². The molecule has 1 atom stereocenters. The number of rotatable bonds is 2. The van der Waals surface area contributed by atoms with Crippen molar-refractivity contribution in [2.45, 2.75) is 18.4 Å². The zero-order valence-electron chi connectivity index (χ0n) is 9.27. The summed E-state index contributed by atoms with van der Waals surface area (Å²) in [5, 5.41) is 10.6. The third-order valence-electron chi connectivity index (χ3n) is 3.02. The number of nitrogens with zero attached hydrogens (tertiary/aromatic N) is 2. The fourth-order valence-electron chi connectivity index (χ4n) is 2.07. The molecule has 1 aromatic rings. The highest BCUT2D eigenvalue weighted by atomic mass is 35.5. The van der Waals surface area contributed by atoms with Gasteiger partial charge in [-0.05, 0) is 18.9 Å². The van der Waals surface area contributed by atoms with Crippen LogP contribution < -0.4 is 10.6 Å². The lowest BCUT2D eigenvalue weighted by Gasteiger charge is -2.38. The van der Waals surface area contributed by atoms with Gasteiger partial charge >= 0.3 is 0 Å². The van der Waals surface area contributed by atoms with E-state index in [4.69, 9.17) is 17.3 Å². The Kier molecular flexibility index (Phi) is 3.22. The van der Waals surface area contributed by atoms with E-state index >= 15 is 0 Å². The SMILES string of the molecule is NC(=O)C1(O)CCCN(c2ccncc2Cl)C1. The molecule has 0 saturated carbocycles. The van der Waals surface area contributed by atoms with Crippen LogP contribution in [0.5, 0.6) is 0 Å². The van der Waals surface area contributed by atoms with Crippen LogP contribution in [0.15, 0.2) is 18.5 Å². The Balaban J connectivity index is 2.24. The first kappa shape index (κ1) is 12.1. The number of primary amides is 1. The molecule has 0 bridgehead atoms. The number of pyridine rings is 1. The van der Waals surface area contributed by atoms with E-state index < -0.39 is 11.5 Å². The van der Waals surface area contributed by atoms with E-state index in [2.05, 4.69) is 4.98 Å². The second-order valence-corrected chi connectivity index (χ2v) is 4.66. The number of anilines is 1. The second kappa shape index (κ2) is 4.50. The van der Waals surface area contributed by atoms with Gasteiger partial charge in [0.25, 0.3) is 5.91 Å². The van der Waals surface area contributed by atoms with Gasteiger partial charge in [0.15, 0.2) is 5.60 Å². The highest BCUT2D eigenvalue weighted by molar-refractivity contribution is 6.33. The highest BCUT2D eigenvalue weighted by Gasteiger charge is 2.39. The number of amides is 1. The smallest absolute Gasteiger partial charge is 0.251 e. The maximum atomic E-state index is 11.2. The van der Waals surface area contributed by atoms with Crippen LogP contribution in [0.3, 0.4) is 0 Å². The third kappa shape index (κ3) is 2.35. The van der Waals surface area contributed by atoms with Crippen molar-refractivity contribution in [3.63, 3.8) is 0 Å². The summed E-state index contributed by atoms with van der Waals surface area (Å²) >= 11 is 6.03. The monoisotopic (exact) mass is 255 g/mol. The van der Waals surface area contributed by atoms with E-state index in [0.717, 1.165) is 12.2 Å². The topological polar surface area (TPSA) is 79.5 Å². The minimum atomic E-state index is -1.47. The molecule has 6 heteroatoms. The Morgan fingerprint density at radius 2 is 2.41 bits per heavy atom. The number of nitrogens with two attached hydrogens (primary N) is 1. The molecule has 2 heterocycles. The van der Waals surface area contributed by atoms with Gasteiger partial charge in [-0.3, -0.25) is 9.78 Å². The standard InChI is InChI=1S/C11H14ClN3O2/c12-8-6-14-4-2-9(8)15-5-1-3-11(17,7-15)10(13)16/h2,4,6,17H,1,3,5,7H2,(H2,13,16). The van der Waals surface area contributed by atoms with Crippen molar-refractivity contribution in [3.8, 4) is 0 Å². The molecule has 1 saturated heterocycles.